The van der Waals surface area contributed by atoms with Crippen molar-refractivity contribution in [2.45, 2.75) is 39.5 Å². The van der Waals surface area contributed by atoms with E-state index < -0.39 is 10.0 Å². The molecule has 0 aromatic heterocycles. The summed E-state index contributed by atoms with van der Waals surface area (Å²) in [6, 6.07) is 10.6. The van der Waals surface area contributed by atoms with E-state index in [2.05, 4.69) is 15.5 Å². The van der Waals surface area contributed by atoms with Crippen LogP contribution in [0.4, 0.5) is 17.1 Å². The van der Waals surface area contributed by atoms with Crippen LogP contribution in [0.25, 0.3) is 0 Å². The second-order valence-corrected chi connectivity index (χ2v) is 9.48. The van der Waals surface area contributed by atoms with E-state index in [0.29, 0.717) is 30.2 Å². The number of ether oxygens (including phenoxy) is 1. The molecule has 0 aliphatic rings. The fourth-order valence-electron chi connectivity index (χ4n) is 3.66. The lowest BCUT2D eigenvalue weighted by molar-refractivity contribution is -0.114. The third-order valence-electron chi connectivity index (χ3n) is 5.48. The molecule has 0 fully saturated rings. The van der Waals surface area contributed by atoms with Gasteiger partial charge in [-0.2, -0.15) is 4.31 Å². The molecule has 0 aliphatic heterocycles. The predicted molar refractivity (Wildman–Crippen MR) is 135 cm³/mol. The maximum atomic E-state index is 13.0. The summed E-state index contributed by atoms with van der Waals surface area (Å²) in [6.07, 6.45) is 0. The molecule has 0 spiro atoms. The van der Waals surface area contributed by atoms with Gasteiger partial charge < -0.3 is 20.3 Å². The minimum atomic E-state index is -3.62. The maximum Gasteiger partial charge on any atom is 0.243 e. The quantitative estimate of drug-likeness (QED) is 0.482. The number of carbonyl (C=O) groups is 1. The zero-order valence-electron chi connectivity index (χ0n) is 20.4. The van der Waals surface area contributed by atoms with E-state index >= 15 is 0 Å². The van der Waals surface area contributed by atoms with Crippen LogP contribution in [0.3, 0.4) is 0 Å². The number of sulfonamides is 1. The Bertz CT molecular complexity index is 1050. The number of anilines is 3. The van der Waals surface area contributed by atoms with Gasteiger partial charge in [-0.3, -0.25) is 4.79 Å². The summed E-state index contributed by atoms with van der Waals surface area (Å²) >= 11 is 0. The van der Waals surface area contributed by atoms with E-state index in [1.165, 1.54) is 4.31 Å². The lowest BCUT2D eigenvalue weighted by Crippen LogP contribution is -2.31. The van der Waals surface area contributed by atoms with Gasteiger partial charge in [0, 0.05) is 26.2 Å². The molecule has 0 aliphatic carbocycles. The molecule has 0 saturated carbocycles. The van der Waals surface area contributed by atoms with Gasteiger partial charge in [0.05, 0.1) is 35.6 Å². The van der Waals surface area contributed by atoms with Gasteiger partial charge in [0.2, 0.25) is 15.9 Å². The van der Waals surface area contributed by atoms with Crippen molar-refractivity contribution in [1.82, 2.24) is 4.31 Å². The van der Waals surface area contributed by atoms with Crippen LogP contribution in [0, 0.1) is 6.92 Å². The summed E-state index contributed by atoms with van der Waals surface area (Å²) < 4.78 is 32.8. The summed E-state index contributed by atoms with van der Waals surface area (Å²) in [5, 5.41) is 6.01. The van der Waals surface area contributed by atoms with Crippen molar-refractivity contribution in [3.8, 4) is 5.75 Å². The first-order valence-electron chi connectivity index (χ1n) is 11.3. The van der Waals surface area contributed by atoms with E-state index in [9.17, 15) is 13.2 Å². The molecule has 0 bridgehead atoms. The van der Waals surface area contributed by atoms with Crippen LogP contribution >= 0.6 is 0 Å². The van der Waals surface area contributed by atoms with Gasteiger partial charge in [0.1, 0.15) is 5.75 Å². The smallest absolute Gasteiger partial charge is 0.243 e. The van der Waals surface area contributed by atoms with Gasteiger partial charge in [0.25, 0.3) is 0 Å². The van der Waals surface area contributed by atoms with Crippen LogP contribution in [0.5, 0.6) is 5.75 Å². The topological polar surface area (TPSA) is 91.0 Å². The Kier molecular flexibility index (Phi) is 9.55. The number of methoxy groups -OCH3 is 1. The predicted octanol–water partition coefficient (Wildman–Crippen LogP) is 3.93. The van der Waals surface area contributed by atoms with Crippen LogP contribution < -0.4 is 20.3 Å². The summed E-state index contributed by atoms with van der Waals surface area (Å²) in [7, 11) is -2.07. The average Bonchev–Trinajstić information content (AvgIpc) is 2.79. The minimum Gasteiger partial charge on any atom is -0.495 e. The molecule has 0 heterocycles. The number of amides is 1. The molecule has 2 aromatic rings. The van der Waals surface area contributed by atoms with E-state index in [0.717, 1.165) is 24.3 Å². The van der Waals surface area contributed by atoms with Gasteiger partial charge in [-0.25, -0.2) is 8.42 Å². The van der Waals surface area contributed by atoms with Gasteiger partial charge in [-0.1, -0.05) is 19.9 Å². The highest BCUT2D eigenvalue weighted by molar-refractivity contribution is 7.89. The van der Waals surface area contributed by atoms with E-state index in [-0.39, 0.29) is 17.3 Å². The number of carbonyl (C=O) groups excluding carboxylic acids is 1. The highest BCUT2D eigenvalue weighted by atomic mass is 32.2. The van der Waals surface area contributed by atoms with Crippen molar-refractivity contribution in [2.24, 2.45) is 0 Å². The Morgan fingerprint density at radius 3 is 2.18 bits per heavy atom. The summed E-state index contributed by atoms with van der Waals surface area (Å²) in [6.45, 7) is 11.9. The molecule has 0 unspecified atom stereocenters. The van der Waals surface area contributed by atoms with E-state index in [4.69, 9.17) is 4.74 Å². The molecule has 1 amide bonds. The number of hydrogen-bond acceptors (Lipinski definition) is 6. The van der Waals surface area contributed by atoms with Crippen molar-refractivity contribution in [3.05, 3.63) is 42.0 Å². The molecule has 2 aromatic carbocycles. The molecule has 182 valence electrons. The lowest BCUT2D eigenvalue weighted by atomic mass is 10.2. The summed E-state index contributed by atoms with van der Waals surface area (Å²) in [5.74, 6) is 0.312. The Morgan fingerprint density at radius 2 is 1.61 bits per heavy atom. The van der Waals surface area contributed by atoms with Crippen LogP contribution in [0.2, 0.25) is 0 Å². The van der Waals surface area contributed by atoms with Crippen LogP contribution in [-0.2, 0) is 14.8 Å². The number of rotatable bonds is 12. The van der Waals surface area contributed by atoms with Gasteiger partial charge in [-0.15, -0.1) is 0 Å². The number of hydrogen-bond donors (Lipinski definition) is 2. The molecule has 9 heteroatoms. The SMILES string of the molecule is CCN(CC)c1ccc(S(=O)(=O)N(CC)CC)cc1NCC(=O)Nc1cc(C)ccc1OC. The van der Waals surface area contributed by atoms with Gasteiger partial charge in [-0.05, 0) is 56.7 Å². The average molecular weight is 477 g/mol. The molecule has 0 saturated heterocycles. The third kappa shape index (κ3) is 6.39. The Hall–Kier alpha value is -2.78. The maximum absolute atomic E-state index is 13.0. The van der Waals surface area contributed by atoms with Crippen molar-refractivity contribution in [1.29, 1.82) is 0 Å². The van der Waals surface area contributed by atoms with Crippen LogP contribution in [0.1, 0.15) is 33.3 Å². The molecule has 33 heavy (non-hydrogen) atoms. The molecule has 0 radical (unpaired) electrons. The van der Waals surface area contributed by atoms with Gasteiger partial charge in [0.15, 0.2) is 0 Å². The second-order valence-electron chi connectivity index (χ2n) is 7.55. The molecule has 8 nitrogen and oxygen atoms in total. The number of nitrogens with one attached hydrogen (secondary N) is 2. The Morgan fingerprint density at radius 1 is 0.939 bits per heavy atom. The van der Waals surface area contributed by atoms with Crippen LogP contribution in [0.15, 0.2) is 41.3 Å². The first kappa shape index (κ1) is 26.5. The van der Waals surface area contributed by atoms with Crippen molar-refractivity contribution in [2.75, 3.05) is 55.4 Å². The Labute approximate surface area is 198 Å². The summed E-state index contributed by atoms with van der Waals surface area (Å²) in [4.78, 5) is 15.0. The molecular formula is C24H36N4O4S. The number of aryl methyl sites for hydroxylation is 1. The van der Waals surface area contributed by atoms with Crippen molar-refractivity contribution in [3.63, 3.8) is 0 Å². The van der Waals surface area contributed by atoms with E-state index in [1.54, 1.807) is 31.4 Å². The highest BCUT2D eigenvalue weighted by Gasteiger charge is 2.23. The standard InChI is InChI=1S/C24H36N4O4S/c1-7-27(8-2)22-13-12-19(33(30,31)28(9-3)10-4)16-20(22)25-17-24(29)26-21-15-18(5)11-14-23(21)32-6/h11-16,25H,7-10,17H2,1-6H3,(H,26,29). The summed E-state index contributed by atoms with van der Waals surface area (Å²) in [5.41, 5.74) is 3.03. The van der Waals surface area contributed by atoms with Crippen LogP contribution in [-0.4, -0.2) is 58.5 Å². The molecule has 2 rings (SSSR count). The van der Waals surface area contributed by atoms with Gasteiger partial charge >= 0.3 is 0 Å². The zero-order chi connectivity index (χ0) is 24.6. The first-order chi connectivity index (χ1) is 15.7. The lowest BCUT2D eigenvalue weighted by Gasteiger charge is -2.26. The third-order valence-corrected chi connectivity index (χ3v) is 7.53. The van der Waals surface area contributed by atoms with E-state index in [1.807, 2.05) is 46.8 Å². The minimum absolute atomic E-state index is 0.0276. The first-order valence-corrected chi connectivity index (χ1v) is 12.7. The highest BCUT2D eigenvalue weighted by Crippen LogP contribution is 2.30. The molecular weight excluding hydrogens is 440 g/mol. The normalized spacial score (nSPS) is 11.4. The largest absolute Gasteiger partial charge is 0.495 e. The van der Waals surface area contributed by atoms with Crippen molar-refractivity contribution >= 4 is 33.0 Å². The fraction of sp³-hybridized carbons (Fsp3) is 0.458. The fourth-order valence-corrected chi connectivity index (χ4v) is 5.14. The zero-order valence-corrected chi connectivity index (χ0v) is 21.3. The Balaban J connectivity index is 2.32. The molecule has 2 N–H and O–H groups in total. The number of nitrogens with zero attached hydrogens (tertiary/aromatic N) is 2. The van der Waals surface area contributed by atoms with Crippen molar-refractivity contribution < 1.29 is 17.9 Å². The monoisotopic (exact) mass is 476 g/mol. The molecule has 0 atom stereocenters. The number of benzene rings is 2. The second kappa shape index (κ2) is 11.9.